The van der Waals surface area contributed by atoms with Gasteiger partial charge in [-0.3, -0.25) is 10.1 Å². The van der Waals surface area contributed by atoms with Gasteiger partial charge < -0.3 is 10.1 Å². The number of hydrogen-bond donors (Lipinski definition) is 1. The summed E-state index contributed by atoms with van der Waals surface area (Å²) in [7, 11) is 0. The maximum absolute atomic E-state index is 13.1. The number of hydrogen-bond acceptors (Lipinski definition) is 4. The Morgan fingerprint density at radius 2 is 2.24 bits per heavy atom. The lowest BCUT2D eigenvalue weighted by molar-refractivity contribution is -0.385. The van der Waals surface area contributed by atoms with Crippen molar-refractivity contribution < 1.29 is 14.1 Å². The second kappa shape index (κ2) is 4.29. The Kier molecular flexibility index (Phi) is 2.97. The van der Waals surface area contributed by atoms with E-state index >= 15 is 0 Å². The number of nitrogens with zero attached hydrogens (tertiary/aromatic N) is 1. The van der Waals surface area contributed by atoms with Gasteiger partial charge in [-0.1, -0.05) is 6.92 Å². The van der Waals surface area contributed by atoms with Gasteiger partial charge in [-0.15, -0.1) is 0 Å². The van der Waals surface area contributed by atoms with E-state index in [-0.39, 0.29) is 11.1 Å². The van der Waals surface area contributed by atoms with Crippen molar-refractivity contribution in [2.75, 3.05) is 25.1 Å². The van der Waals surface area contributed by atoms with E-state index in [9.17, 15) is 14.5 Å². The number of halogens is 1. The Hall–Kier alpha value is -1.69. The molecule has 0 bridgehead atoms. The monoisotopic (exact) mass is 240 g/mol. The topological polar surface area (TPSA) is 64.4 Å². The molecular weight excluding hydrogens is 227 g/mol. The van der Waals surface area contributed by atoms with Gasteiger partial charge in [0.2, 0.25) is 0 Å². The highest BCUT2D eigenvalue weighted by Crippen LogP contribution is 2.27. The number of non-ortho nitro benzene ring substituents is 1. The van der Waals surface area contributed by atoms with Crippen LogP contribution in [0.25, 0.3) is 0 Å². The van der Waals surface area contributed by atoms with E-state index in [0.717, 1.165) is 6.07 Å². The van der Waals surface area contributed by atoms with Gasteiger partial charge >= 0.3 is 0 Å². The Morgan fingerprint density at radius 1 is 1.53 bits per heavy atom. The molecule has 0 atom stereocenters. The van der Waals surface area contributed by atoms with Crippen molar-refractivity contribution >= 4 is 11.4 Å². The van der Waals surface area contributed by atoms with Gasteiger partial charge in [0.1, 0.15) is 5.82 Å². The predicted molar refractivity (Wildman–Crippen MR) is 60.5 cm³/mol. The van der Waals surface area contributed by atoms with Crippen molar-refractivity contribution in [2.24, 2.45) is 5.41 Å². The summed E-state index contributed by atoms with van der Waals surface area (Å²) in [5.74, 6) is -0.614. The average Bonchev–Trinajstić information content (AvgIpc) is 2.23. The van der Waals surface area contributed by atoms with E-state index in [1.165, 1.54) is 12.1 Å². The zero-order valence-corrected chi connectivity index (χ0v) is 9.40. The van der Waals surface area contributed by atoms with E-state index in [4.69, 9.17) is 4.74 Å². The first-order valence-corrected chi connectivity index (χ1v) is 5.25. The van der Waals surface area contributed by atoms with Crippen LogP contribution in [0.4, 0.5) is 15.8 Å². The standard InChI is InChI=1S/C11H13FN2O3/c1-11(6-17-7-11)5-13-9-2-8(12)3-10(4-9)14(15)16/h2-4,13H,5-7H2,1H3. The summed E-state index contributed by atoms with van der Waals surface area (Å²) in [5, 5.41) is 13.6. The molecule has 1 aromatic carbocycles. The molecule has 0 saturated carbocycles. The van der Waals surface area contributed by atoms with Crippen LogP contribution in [-0.4, -0.2) is 24.7 Å². The van der Waals surface area contributed by atoms with Crippen LogP contribution in [0.2, 0.25) is 0 Å². The molecule has 0 amide bonds. The third-order valence-corrected chi connectivity index (χ3v) is 2.71. The van der Waals surface area contributed by atoms with Gasteiger partial charge in [-0.2, -0.15) is 0 Å². The molecule has 1 aromatic rings. The number of ether oxygens (including phenoxy) is 1. The van der Waals surface area contributed by atoms with Crippen LogP contribution in [0.3, 0.4) is 0 Å². The highest BCUT2D eigenvalue weighted by Gasteiger charge is 2.33. The minimum Gasteiger partial charge on any atom is -0.384 e. The van der Waals surface area contributed by atoms with Crippen LogP contribution in [0, 0.1) is 21.3 Å². The van der Waals surface area contributed by atoms with E-state index in [2.05, 4.69) is 5.32 Å². The third kappa shape index (κ3) is 2.71. The molecule has 1 saturated heterocycles. The SMILES string of the molecule is CC1(CNc2cc(F)cc([N+](=O)[O-])c2)COC1. The molecule has 2 rings (SSSR count). The molecule has 1 aliphatic heterocycles. The van der Waals surface area contributed by atoms with Crippen molar-refractivity contribution in [1.82, 2.24) is 0 Å². The van der Waals surface area contributed by atoms with Crippen molar-refractivity contribution in [1.29, 1.82) is 0 Å². The maximum atomic E-state index is 13.1. The average molecular weight is 240 g/mol. The molecule has 0 aliphatic carbocycles. The summed E-state index contributed by atoms with van der Waals surface area (Å²) in [5.41, 5.74) is 0.202. The number of nitrogens with one attached hydrogen (secondary N) is 1. The summed E-state index contributed by atoms with van der Waals surface area (Å²) >= 11 is 0. The van der Waals surface area contributed by atoms with Gasteiger partial charge in [0.05, 0.1) is 24.2 Å². The first kappa shape index (κ1) is 11.8. The van der Waals surface area contributed by atoms with Crippen LogP contribution in [-0.2, 0) is 4.74 Å². The van der Waals surface area contributed by atoms with Gasteiger partial charge in [0.25, 0.3) is 5.69 Å². The lowest BCUT2D eigenvalue weighted by Crippen LogP contribution is -2.45. The zero-order valence-electron chi connectivity index (χ0n) is 9.40. The molecule has 1 aliphatic rings. The second-order valence-electron chi connectivity index (χ2n) is 4.61. The van der Waals surface area contributed by atoms with Crippen LogP contribution >= 0.6 is 0 Å². The molecule has 5 nitrogen and oxygen atoms in total. The van der Waals surface area contributed by atoms with Crippen molar-refractivity contribution in [3.63, 3.8) is 0 Å². The fraction of sp³-hybridized carbons (Fsp3) is 0.455. The fourth-order valence-corrected chi connectivity index (χ4v) is 1.65. The van der Waals surface area contributed by atoms with Gasteiger partial charge in [-0.05, 0) is 6.07 Å². The van der Waals surface area contributed by atoms with E-state index in [1.807, 2.05) is 6.92 Å². The van der Waals surface area contributed by atoms with Gasteiger partial charge in [-0.25, -0.2) is 4.39 Å². The summed E-state index contributed by atoms with van der Waals surface area (Å²) in [4.78, 5) is 9.96. The summed E-state index contributed by atoms with van der Waals surface area (Å²) in [6.07, 6.45) is 0. The van der Waals surface area contributed by atoms with Crippen molar-refractivity contribution in [2.45, 2.75) is 6.92 Å². The molecule has 92 valence electrons. The van der Waals surface area contributed by atoms with E-state index in [1.54, 1.807) is 0 Å². The Morgan fingerprint density at radius 3 is 2.76 bits per heavy atom. The van der Waals surface area contributed by atoms with Gasteiger partial charge in [0.15, 0.2) is 0 Å². The molecular formula is C11H13FN2O3. The highest BCUT2D eigenvalue weighted by molar-refractivity contribution is 5.51. The zero-order chi connectivity index (χ0) is 12.5. The minimum absolute atomic E-state index is 0.0289. The third-order valence-electron chi connectivity index (χ3n) is 2.71. The molecule has 0 radical (unpaired) electrons. The molecule has 17 heavy (non-hydrogen) atoms. The largest absolute Gasteiger partial charge is 0.384 e. The van der Waals surface area contributed by atoms with E-state index in [0.29, 0.717) is 25.4 Å². The normalized spacial score (nSPS) is 17.3. The predicted octanol–water partition coefficient (Wildman–Crippen LogP) is 2.18. The summed E-state index contributed by atoms with van der Waals surface area (Å²) < 4.78 is 18.2. The maximum Gasteiger partial charge on any atom is 0.274 e. The molecule has 1 N–H and O–H groups in total. The first-order chi connectivity index (χ1) is 7.98. The Bertz CT molecular complexity index is 446. The molecule has 1 fully saturated rings. The smallest absolute Gasteiger partial charge is 0.274 e. The summed E-state index contributed by atoms with van der Waals surface area (Å²) in [6, 6.07) is 3.47. The van der Waals surface area contributed by atoms with Crippen LogP contribution in [0.1, 0.15) is 6.92 Å². The lowest BCUT2D eigenvalue weighted by atomic mass is 9.89. The number of anilines is 1. The quantitative estimate of drug-likeness (QED) is 0.647. The molecule has 0 unspecified atom stereocenters. The molecule has 0 spiro atoms. The summed E-state index contributed by atoms with van der Waals surface area (Å²) in [6.45, 7) is 3.94. The second-order valence-corrected chi connectivity index (χ2v) is 4.61. The van der Waals surface area contributed by atoms with Crippen molar-refractivity contribution in [3.05, 3.63) is 34.1 Å². The minimum atomic E-state index is -0.614. The van der Waals surface area contributed by atoms with Crippen LogP contribution in [0.5, 0.6) is 0 Å². The van der Waals surface area contributed by atoms with Crippen LogP contribution < -0.4 is 5.32 Å². The number of nitro benzene ring substituents is 1. The lowest BCUT2D eigenvalue weighted by Gasteiger charge is -2.38. The van der Waals surface area contributed by atoms with Gasteiger partial charge in [0, 0.05) is 23.7 Å². The first-order valence-electron chi connectivity index (χ1n) is 5.25. The highest BCUT2D eigenvalue weighted by atomic mass is 19.1. The van der Waals surface area contributed by atoms with E-state index < -0.39 is 10.7 Å². The van der Waals surface area contributed by atoms with Crippen LogP contribution in [0.15, 0.2) is 18.2 Å². The number of benzene rings is 1. The Labute approximate surface area is 97.7 Å². The fourth-order valence-electron chi connectivity index (χ4n) is 1.65. The Balaban J connectivity index is 2.07. The molecule has 6 heteroatoms. The molecule has 1 heterocycles. The number of rotatable bonds is 4. The van der Waals surface area contributed by atoms with Crippen molar-refractivity contribution in [3.8, 4) is 0 Å². The number of nitro groups is 1. The molecule has 0 aromatic heterocycles.